The summed E-state index contributed by atoms with van der Waals surface area (Å²) in [5.74, 6) is 0. The first-order chi connectivity index (χ1) is 4.27. The summed E-state index contributed by atoms with van der Waals surface area (Å²) < 4.78 is 5.09. The Kier molecular flexibility index (Phi) is 2.09. The number of ether oxygens (including phenoxy) is 1. The molecule has 0 aromatic rings. The van der Waals surface area contributed by atoms with E-state index in [1.165, 1.54) is 6.42 Å². The molecule has 1 fully saturated rings. The molecule has 0 unspecified atom stereocenters. The second kappa shape index (κ2) is 2.67. The number of hydrogen-bond acceptors (Lipinski definition) is 2. The molecule has 0 saturated carbocycles. The van der Waals surface area contributed by atoms with Crippen LogP contribution in [0.25, 0.3) is 0 Å². The van der Waals surface area contributed by atoms with Crippen molar-refractivity contribution in [2.24, 2.45) is 11.1 Å². The van der Waals surface area contributed by atoms with Gasteiger partial charge in [0.2, 0.25) is 0 Å². The van der Waals surface area contributed by atoms with E-state index in [1.54, 1.807) is 0 Å². The fourth-order valence-corrected chi connectivity index (χ4v) is 1.12. The molecule has 54 valence electrons. The number of hydrogen-bond donors (Lipinski definition) is 1. The SMILES string of the molecule is CC1(CCCN)COC1. The average Bonchev–Trinajstić information content (AvgIpc) is 1.79. The summed E-state index contributed by atoms with van der Waals surface area (Å²) in [6, 6.07) is 0. The summed E-state index contributed by atoms with van der Waals surface area (Å²) in [4.78, 5) is 0. The molecule has 1 rings (SSSR count). The predicted octanol–water partition coefficient (Wildman–Crippen LogP) is 0.762. The first kappa shape index (κ1) is 7.03. The van der Waals surface area contributed by atoms with E-state index in [1.807, 2.05) is 0 Å². The molecule has 0 aromatic carbocycles. The van der Waals surface area contributed by atoms with E-state index in [-0.39, 0.29) is 0 Å². The van der Waals surface area contributed by atoms with Crippen LogP contribution in [0.1, 0.15) is 19.8 Å². The zero-order valence-corrected chi connectivity index (χ0v) is 6.02. The first-order valence-corrected chi connectivity index (χ1v) is 3.55. The zero-order chi connectivity index (χ0) is 6.74. The van der Waals surface area contributed by atoms with E-state index in [9.17, 15) is 0 Å². The summed E-state index contributed by atoms with van der Waals surface area (Å²) in [6.45, 7) is 4.95. The van der Waals surface area contributed by atoms with Gasteiger partial charge < -0.3 is 10.5 Å². The molecule has 0 bridgehead atoms. The Hall–Kier alpha value is -0.0800. The lowest BCUT2D eigenvalue weighted by atomic mass is 9.84. The van der Waals surface area contributed by atoms with Gasteiger partial charge in [-0.1, -0.05) is 6.92 Å². The monoisotopic (exact) mass is 129 g/mol. The van der Waals surface area contributed by atoms with Gasteiger partial charge in [-0.2, -0.15) is 0 Å². The van der Waals surface area contributed by atoms with Crippen molar-refractivity contribution in [3.63, 3.8) is 0 Å². The molecule has 9 heavy (non-hydrogen) atoms. The minimum Gasteiger partial charge on any atom is -0.380 e. The van der Waals surface area contributed by atoms with Gasteiger partial charge in [-0.3, -0.25) is 0 Å². The van der Waals surface area contributed by atoms with E-state index in [0.29, 0.717) is 5.41 Å². The van der Waals surface area contributed by atoms with Gasteiger partial charge in [-0.15, -0.1) is 0 Å². The lowest BCUT2D eigenvalue weighted by Gasteiger charge is -2.38. The highest BCUT2D eigenvalue weighted by Gasteiger charge is 2.31. The third-order valence-corrected chi connectivity index (χ3v) is 1.89. The van der Waals surface area contributed by atoms with E-state index < -0.39 is 0 Å². The smallest absolute Gasteiger partial charge is 0.0542 e. The standard InChI is InChI=1S/C7H15NO/c1-7(3-2-4-8)5-9-6-7/h2-6,8H2,1H3. The topological polar surface area (TPSA) is 35.2 Å². The summed E-state index contributed by atoms with van der Waals surface area (Å²) in [5.41, 5.74) is 5.85. The molecule has 1 aliphatic heterocycles. The van der Waals surface area contributed by atoms with Gasteiger partial charge in [-0.25, -0.2) is 0 Å². The summed E-state index contributed by atoms with van der Waals surface area (Å²) in [6.07, 6.45) is 2.36. The van der Waals surface area contributed by atoms with Crippen LogP contribution < -0.4 is 5.73 Å². The van der Waals surface area contributed by atoms with Crippen LogP contribution in [0.5, 0.6) is 0 Å². The van der Waals surface area contributed by atoms with Crippen molar-refractivity contribution in [2.75, 3.05) is 19.8 Å². The molecule has 1 heterocycles. The van der Waals surface area contributed by atoms with Crippen LogP contribution in [0.4, 0.5) is 0 Å². The van der Waals surface area contributed by atoms with E-state index >= 15 is 0 Å². The molecule has 0 aromatic heterocycles. The maximum absolute atomic E-state index is 5.37. The van der Waals surface area contributed by atoms with Gasteiger partial charge in [0.05, 0.1) is 13.2 Å². The van der Waals surface area contributed by atoms with Crippen LogP contribution in [-0.4, -0.2) is 19.8 Å². The third kappa shape index (κ3) is 1.66. The van der Waals surface area contributed by atoms with Crippen molar-refractivity contribution in [3.05, 3.63) is 0 Å². The Morgan fingerprint density at radius 2 is 2.22 bits per heavy atom. The second-order valence-electron chi connectivity index (χ2n) is 3.20. The van der Waals surface area contributed by atoms with Crippen molar-refractivity contribution in [3.8, 4) is 0 Å². The Bertz CT molecular complexity index is 88.9. The Morgan fingerprint density at radius 3 is 2.56 bits per heavy atom. The molecular weight excluding hydrogens is 114 g/mol. The van der Waals surface area contributed by atoms with Crippen molar-refractivity contribution in [2.45, 2.75) is 19.8 Å². The Morgan fingerprint density at radius 1 is 1.56 bits per heavy atom. The molecule has 0 atom stereocenters. The Balaban J connectivity index is 2.09. The molecule has 2 nitrogen and oxygen atoms in total. The van der Waals surface area contributed by atoms with Crippen LogP contribution >= 0.6 is 0 Å². The highest BCUT2D eigenvalue weighted by Crippen LogP contribution is 2.31. The van der Waals surface area contributed by atoms with E-state index in [2.05, 4.69) is 6.92 Å². The van der Waals surface area contributed by atoms with E-state index in [4.69, 9.17) is 10.5 Å². The molecular formula is C7H15NO. The molecule has 0 amide bonds. The highest BCUT2D eigenvalue weighted by atomic mass is 16.5. The summed E-state index contributed by atoms with van der Waals surface area (Å²) >= 11 is 0. The predicted molar refractivity (Wildman–Crippen MR) is 37.2 cm³/mol. The molecule has 2 heteroatoms. The first-order valence-electron chi connectivity index (χ1n) is 3.55. The van der Waals surface area contributed by atoms with Crippen LogP contribution in [0, 0.1) is 5.41 Å². The highest BCUT2D eigenvalue weighted by molar-refractivity contribution is 4.80. The van der Waals surface area contributed by atoms with Gasteiger partial charge in [0.25, 0.3) is 0 Å². The van der Waals surface area contributed by atoms with E-state index in [0.717, 1.165) is 26.2 Å². The van der Waals surface area contributed by atoms with Gasteiger partial charge in [-0.05, 0) is 19.4 Å². The van der Waals surface area contributed by atoms with Crippen molar-refractivity contribution in [1.29, 1.82) is 0 Å². The largest absolute Gasteiger partial charge is 0.380 e. The minimum atomic E-state index is 0.472. The van der Waals surface area contributed by atoms with Gasteiger partial charge >= 0.3 is 0 Å². The van der Waals surface area contributed by atoms with Gasteiger partial charge in [0, 0.05) is 5.41 Å². The quantitative estimate of drug-likeness (QED) is 0.610. The van der Waals surface area contributed by atoms with Crippen molar-refractivity contribution >= 4 is 0 Å². The van der Waals surface area contributed by atoms with Crippen LogP contribution in [0.3, 0.4) is 0 Å². The van der Waals surface area contributed by atoms with Crippen LogP contribution in [-0.2, 0) is 4.74 Å². The number of nitrogens with two attached hydrogens (primary N) is 1. The fraction of sp³-hybridized carbons (Fsp3) is 1.00. The average molecular weight is 129 g/mol. The fourth-order valence-electron chi connectivity index (χ4n) is 1.12. The van der Waals surface area contributed by atoms with Crippen molar-refractivity contribution in [1.82, 2.24) is 0 Å². The minimum absolute atomic E-state index is 0.472. The zero-order valence-electron chi connectivity index (χ0n) is 6.02. The van der Waals surface area contributed by atoms with Gasteiger partial charge in [0.1, 0.15) is 0 Å². The summed E-state index contributed by atoms with van der Waals surface area (Å²) in [7, 11) is 0. The molecule has 0 radical (unpaired) electrons. The lowest BCUT2D eigenvalue weighted by molar-refractivity contribution is -0.106. The maximum Gasteiger partial charge on any atom is 0.0542 e. The second-order valence-corrected chi connectivity index (χ2v) is 3.20. The Labute approximate surface area is 56.4 Å². The maximum atomic E-state index is 5.37. The van der Waals surface area contributed by atoms with Crippen LogP contribution in [0.2, 0.25) is 0 Å². The normalized spacial score (nSPS) is 23.3. The molecule has 0 aliphatic carbocycles. The van der Waals surface area contributed by atoms with Gasteiger partial charge in [0.15, 0.2) is 0 Å². The molecule has 2 N–H and O–H groups in total. The number of rotatable bonds is 3. The van der Waals surface area contributed by atoms with Crippen molar-refractivity contribution < 1.29 is 4.74 Å². The molecule has 0 spiro atoms. The molecule has 1 saturated heterocycles. The van der Waals surface area contributed by atoms with Crippen LogP contribution in [0.15, 0.2) is 0 Å². The summed E-state index contributed by atoms with van der Waals surface area (Å²) in [5, 5.41) is 0. The molecule has 1 aliphatic rings. The lowest BCUT2D eigenvalue weighted by Crippen LogP contribution is -2.39. The third-order valence-electron chi connectivity index (χ3n) is 1.89.